The minimum Gasteiger partial charge on any atom is -0.474 e. The van der Waals surface area contributed by atoms with E-state index in [9.17, 15) is 23.3 Å². The number of benzene rings is 1. The van der Waals surface area contributed by atoms with E-state index in [1.807, 2.05) is 0 Å². The fourth-order valence-electron chi connectivity index (χ4n) is 2.14. The summed E-state index contributed by atoms with van der Waals surface area (Å²) >= 11 is 11.8. The number of alkyl halides is 3. The molecule has 152 valence electrons. The number of hydrogen-bond acceptors (Lipinski definition) is 6. The molecule has 0 N–H and O–H groups in total. The normalized spacial score (nSPS) is 15.6. The Morgan fingerprint density at radius 1 is 1.29 bits per heavy atom. The van der Waals surface area contributed by atoms with Crippen LogP contribution < -0.4 is 4.74 Å². The van der Waals surface area contributed by atoms with Gasteiger partial charge in [-0.15, -0.1) is 10.1 Å². The molecular formula is C16H12Cl2F3NO6. The van der Waals surface area contributed by atoms with E-state index in [-0.39, 0.29) is 27.1 Å². The largest absolute Gasteiger partial charge is 0.474 e. The van der Waals surface area contributed by atoms with E-state index in [1.54, 1.807) is 0 Å². The molecule has 12 heteroatoms. The van der Waals surface area contributed by atoms with Gasteiger partial charge in [0.1, 0.15) is 17.3 Å². The molecular weight excluding hydrogens is 430 g/mol. The molecule has 1 aromatic carbocycles. The van der Waals surface area contributed by atoms with Gasteiger partial charge in [0.25, 0.3) is 5.09 Å². The summed E-state index contributed by atoms with van der Waals surface area (Å²) in [5, 5.41) is 9.13. The zero-order valence-electron chi connectivity index (χ0n) is 13.9. The van der Waals surface area contributed by atoms with Gasteiger partial charge in [0.15, 0.2) is 6.61 Å². The van der Waals surface area contributed by atoms with Crippen LogP contribution in [0.5, 0.6) is 5.75 Å². The number of rotatable bonds is 8. The fraction of sp³-hybridized carbons (Fsp3) is 0.250. The highest BCUT2D eigenvalue weighted by Crippen LogP contribution is 2.43. The summed E-state index contributed by atoms with van der Waals surface area (Å²) in [6.07, 6.45) is -6.03. The third-order valence-corrected chi connectivity index (χ3v) is 3.81. The first-order valence-corrected chi connectivity index (χ1v) is 8.08. The Hall–Kier alpha value is -2.59. The SMILES string of the molecule is C=C(CO[N+](=O)[O-])OCOC(=C)C1=Cc2cc(Cl)cc(Cl)c2OC1C(F)(F)F. The minimum absolute atomic E-state index is 0.0796. The monoisotopic (exact) mass is 441 g/mol. The first-order chi connectivity index (χ1) is 13.0. The van der Waals surface area contributed by atoms with Crippen molar-refractivity contribution in [2.24, 2.45) is 0 Å². The molecule has 28 heavy (non-hydrogen) atoms. The number of hydrogen-bond donors (Lipinski definition) is 0. The van der Waals surface area contributed by atoms with Crippen LogP contribution in [0.3, 0.4) is 0 Å². The number of nitrogens with zero attached hydrogens (tertiary/aromatic N) is 1. The smallest absolute Gasteiger partial charge is 0.429 e. The molecule has 1 heterocycles. The minimum atomic E-state index is -4.79. The van der Waals surface area contributed by atoms with Crippen LogP contribution in [0.15, 0.2) is 42.4 Å². The lowest BCUT2D eigenvalue weighted by Crippen LogP contribution is -2.38. The van der Waals surface area contributed by atoms with Crippen molar-refractivity contribution < 1.29 is 37.3 Å². The third-order valence-electron chi connectivity index (χ3n) is 3.31. The Morgan fingerprint density at radius 2 is 1.96 bits per heavy atom. The molecule has 7 nitrogen and oxygen atoms in total. The van der Waals surface area contributed by atoms with Gasteiger partial charge in [-0.05, 0) is 18.2 Å². The Kier molecular flexibility index (Phi) is 6.68. The summed E-state index contributed by atoms with van der Waals surface area (Å²) in [6.45, 7) is 5.60. The lowest BCUT2D eigenvalue weighted by molar-refractivity contribution is -0.756. The predicted molar refractivity (Wildman–Crippen MR) is 93.2 cm³/mol. The van der Waals surface area contributed by atoms with Gasteiger partial charge < -0.3 is 19.0 Å². The second kappa shape index (κ2) is 8.61. The van der Waals surface area contributed by atoms with Gasteiger partial charge in [0, 0.05) is 16.2 Å². The average molecular weight is 442 g/mol. The Labute approximate surface area is 166 Å². The number of fused-ring (bicyclic) bond motifs is 1. The van der Waals surface area contributed by atoms with Crippen LogP contribution in [-0.2, 0) is 14.3 Å². The molecule has 0 radical (unpaired) electrons. The highest BCUT2D eigenvalue weighted by atomic mass is 35.5. The molecule has 0 bridgehead atoms. The molecule has 0 saturated heterocycles. The van der Waals surface area contributed by atoms with Gasteiger partial charge in [0.2, 0.25) is 12.9 Å². The second-order valence-electron chi connectivity index (χ2n) is 5.31. The summed E-state index contributed by atoms with van der Waals surface area (Å²) in [6, 6.07) is 2.63. The summed E-state index contributed by atoms with van der Waals surface area (Å²) in [5.41, 5.74) is -0.212. The number of halogens is 5. The molecule has 0 amide bonds. The first kappa shape index (κ1) is 21.7. The molecule has 1 aromatic rings. The zero-order chi connectivity index (χ0) is 21.1. The maximum absolute atomic E-state index is 13.4. The van der Waals surface area contributed by atoms with Crippen molar-refractivity contribution in [3.8, 4) is 5.75 Å². The van der Waals surface area contributed by atoms with Crippen LogP contribution in [0.2, 0.25) is 10.0 Å². The summed E-state index contributed by atoms with van der Waals surface area (Å²) in [7, 11) is 0. The standard InChI is InChI=1S/C16H12Cl2F3NO6/c1-8(6-27-22(23)24)25-7-26-9(2)12-4-10-3-11(17)5-13(18)14(10)28-15(12)16(19,20)21/h3-5,15H,1-2,6-7H2. The van der Waals surface area contributed by atoms with Gasteiger partial charge in [0.05, 0.1) is 5.02 Å². The quantitative estimate of drug-likeness (QED) is 0.246. The molecule has 0 fully saturated rings. The molecule has 1 atom stereocenters. The third kappa shape index (κ3) is 5.46. The van der Waals surface area contributed by atoms with Crippen molar-refractivity contribution in [3.05, 3.63) is 68.1 Å². The Balaban J connectivity index is 2.15. The van der Waals surface area contributed by atoms with E-state index in [0.29, 0.717) is 0 Å². The van der Waals surface area contributed by atoms with Gasteiger partial charge in [-0.1, -0.05) is 36.4 Å². The van der Waals surface area contributed by atoms with Crippen molar-refractivity contribution in [2.75, 3.05) is 13.4 Å². The van der Waals surface area contributed by atoms with Crippen molar-refractivity contribution in [1.82, 2.24) is 0 Å². The molecule has 2 rings (SSSR count). The van der Waals surface area contributed by atoms with E-state index in [2.05, 4.69) is 18.0 Å². The van der Waals surface area contributed by atoms with Crippen LogP contribution in [-0.4, -0.2) is 30.8 Å². The van der Waals surface area contributed by atoms with Crippen molar-refractivity contribution in [2.45, 2.75) is 12.3 Å². The topological polar surface area (TPSA) is 80.1 Å². The molecule has 1 aliphatic rings. The molecule has 0 saturated carbocycles. The summed E-state index contributed by atoms with van der Waals surface area (Å²) in [4.78, 5) is 14.1. The van der Waals surface area contributed by atoms with Crippen molar-refractivity contribution in [1.29, 1.82) is 0 Å². The van der Waals surface area contributed by atoms with Crippen LogP contribution in [0.1, 0.15) is 5.56 Å². The molecule has 0 aliphatic carbocycles. The second-order valence-corrected chi connectivity index (χ2v) is 6.15. The first-order valence-electron chi connectivity index (χ1n) is 7.33. The average Bonchev–Trinajstić information content (AvgIpc) is 2.57. The van der Waals surface area contributed by atoms with Gasteiger partial charge in [-0.25, -0.2) is 0 Å². The van der Waals surface area contributed by atoms with Gasteiger partial charge >= 0.3 is 6.18 Å². The molecule has 1 aliphatic heterocycles. The number of ether oxygens (including phenoxy) is 3. The lowest BCUT2D eigenvalue weighted by Gasteiger charge is -2.30. The van der Waals surface area contributed by atoms with Crippen LogP contribution >= 0.6 is 23.2 Å². The van der Waals surface area contributed by atoms with E-state index >= 15 is 0 Å². The Bertz CT molecular complexity index is 840. The van der Waals surface area contributed by atoms with Crippen molar-refractivity contribution in [3.63, 3.8) is 0 Å². The fourth-order valence-corrected chi connectivity index (χ4v) is 2.69. The van der Waals surface area contributed by atoms with Gasteiger partial charge in [-0.2, -0.15) is 13.2 Å². The summed E-state index contributed by atoms with van der Waals surface area (Å²) in [5.74, 6) is -0.742. The molecule has 0 spiro atoms. The lowest BCUT2D eigenvalue weighted by atomic mass is 10.00. The van der Waals surface area contributed by atoms with Crippen LogP contribution in [0.25, 0.3) is 6.08 Å². The highest BCUT2D eigenvalue weighted by molar-refractivity contribution is 6.36. The van der Waals surface area contributed by atoms with Crippen LogP contribution in [0.4, 0.5) is 13.2 Å². The zero-order valence-corrected chi connectivity index (χ0v) is 15.4. The van der Waals surface area contributed by atoms with Crippen molar-refractivity contribution >= 4 is 29.3 Å². The predicted octanol–water partition coefficient (Wildman–Crippen LogP) is 4.93. The highest BCUT2D eigenvalue weighted by Gasteiger charge is 2.47. The Morgan fingerprint density at radius 3 is 2.57 bits per heavy atom. The molecule has 0 aromatic heterocycles. The van der Waals surface area contributed by atoms with Gasteiger partial charge in [-0.3, -0.25) is 0 Å². The maximum atomic E-state index is 13.4. The molecule has 1 unspecified atom stereocenters. The van der Waals surface area contributed by atoms with E-state index < -0.39 is 42.1 Å². The summed E-state index contributed by atoms with van der Waals surface area (Å²) < 4.78 is 55.2. The van der Waals surface area contributed by atoms with E-state index in [1.165, 1.54) is 12.1 Å². The van der Waals surface area contributed by atoms with E-state index in [4.69, 9.17) is 37.4 Å². The van der Waals surface area contributed by atoms with E-state index in [0.717, 1.165) is 6.08 Å². The van der Waals surface area contributed by atoms with Crippen LogP contribution in [0, 0.1) is 10.1 Å². The maximum Gasteiger partial charge on any atom is 0.429 e.